The first-order valence-corrected chi connectivity index (χ1v) is 8.26. The lowest BCUT2D eigenvalue weighted by atomic mass is 10.1. The average molecular weight is 344 g/mol. The first-order valence-electron chi connectivity index (χ1n) is 7.14. The third kappa shape index (κ3) is 4.31. The minimum absolute atomic E-state index is 0.373. The minimum atomic E-state index is 0.373. The number of hydrogen-bond donors (Lipinski definition) is 0. The number of nitrogens with zero attached hydrogens (tertiary/aromatic N) is 3. The largest absolute Gasteiger partial charge is 0.478 e. The fraction of sp³-hybridized carbons (Fsp3) is 0.714. The van der Waals surface area contributed by atoms with Gasteiger partial charge in [0, 0.05) is 24.5 Å². The van der Waals surface area contributed by atoms with Gasteiger partial charge in [-0.25, -0.2) is 4.98 Å². The van der Waals surface area contributed by atoms with E-state index in [0.29, 0.717) is 18.6 Å². The molecule has 0 aromatic carbocycles. The summed E-state index contributed by atoms with van der Waals surface area (Å²) >= 11 is 3.39. The van der Waals surface area contributed by atoms with E-state index in [1.165, 1.54) is 0 Å². The standard InChI is InChI=1S/C14H22BrN3O2/c1-3-19-14-10-13(16-11(2)17-14)18-7-4-12(5-8-18)20-9-6-15/h10,12H,3-9H2,1-2H3. The molecular weight excluding hydrogens is 322 g/mol. The Morgan fingerprint density at radius 2 is 2.10 bits per heavy atom. The molecule has 0 saturated carbocycles. The second kappa shape index (κ2) is 7.78. The molecule has 0 spiro atoms. The van der Waals surface area contributed by atoms with Crippen LogP contribution in [0.4, 0.5) is 5.82 Å². The lowest BCUT2D eigenvalue weighted by Gasteiger charge is -2.32. The van der Waals surface area contributed by atoms with E-state index in [1.807, 2.05) is 19.9 Å². The van der Waals surface area contributed by atoms with E-state index in [4.69, 9.17) is 9.47 Å². The monoisotopic (exact) mass is 343 g/mol. The van der Waals surface area contributed by atoms with E-state index >= 15 is 0 Å². The van der Waals surface area contributed by atoms with Crippen LogP contribution in [0.25, 0.3) is 0 Å². The number of hydrogen-bond acceptors (Lipinski definition) is 5. The summed E-state index contributed by atoms with van der Waals surface area (Å²) in [6, 6.07) is 1.93. The molecule has 0 atom stereocenters. The summed E-state index contributed by atoms with van der Waals surface area (Å²) in [6.45, 7) is 7.20. The maximum Gasteiger partial charge on any atom is 0.218 e. The molecule has 0 bridgehead atoms. The predicted octanol–water partition coefficient (Wildman–Crippen LogP) is 2.56. The molecule has 2 heterocycles. The quantitative estimate of drug-likeness (QED) is 0.743. The zero-order valence-electron chi connectivity index (χ0n) is 12.1. The van der Waals surface area contributed by atoms with Gasteiger partial charge in [0.15, 0.2) is 0 Å². The number of aryl methyl sites for hydroxylation is 1. The lowest BCUT2D eigenvalue weighted by molar-refractivity contribution is 0.0480. The molecule has 2 rings (SSSR count). The SMILES string of the molecule is CCOc1cc(N2CCC(OCCBr)CC2)nc(C)n1. The lowest BCUT2D eigenvalue weighted by Crippen LogP contribution is -2.37. The Morgan fingerprint density at radius 3 is 2.75 bits per heavy atom. The van der Waals surface area contributed by atoms with Gasteiger partial charge in [0.05, 0.1) is 19.3 Å². The number of rotatable bonds is 6. The van der Waals surface area contributed by atoms with E-state index in [1.54, 1.807) is 0 Å². The van der Waals surface area contributed by atoms with Crippen molar-refractivity contribution in [2.24, 2.45) is 0 Å². The van der Waals surface area contributed by atoms with E-state index in [-0.39, 0.29) is 0 Å². The maximum atomic E-state index is 5.77. The molecule has 112 valence electrons. The third-order valence-corrected chi connectivity index (χ3v) is 3.61. The number of piperidine rings is 1. The van der Waals surface area contributed by atoms with Crippen LogP contribution in [0.15, 0.2) is 6.07 Å². The van der Waals surface area contributed by atoms with E-state index in [0.717, 1.165) is 49.5 Å². The van der Waals surface area contributed by atoms with Crippen LogP contribution >= 0.6 is 15.9 Å². The minimum Gasteiger partial charge on any atom is -0.478 e. The molecule has 6 heteroatoms. The first-order chi connectivity index (χ1) is 9.72. The second-order valence-corrected chi connectivity index (χ2v) is 5.58. The van der Waals surface area contributed by atoms with Crippen LogP contribution in [0.1, 0.15) is 25.6 Å². The van der Waals surface area contributed by atoms with Gasteiger partial charge in [0.2, 0.25) is 5.88 Å². The Balaban J connectivity index is 1.96. The number of ether oxygens (including phenoxy) is 2. The van der Waals surface area contributed by atoms with Gasteiger partial charge in [-0.2, -0.15) is 4.98 Å². The van der Waals surface area contributed by atoms with Gasteiger partial charge in [0.1, 0.15) is 11.6 Å². The number of anilines is 1. The third-order valence-electron chi connectivity index (χ3n) is 3.29. The van der Waals surface area contributed by atoms with Crippen LogP contribution in [-0.4, -0.2) is 47.7 Å². The molecule has 1 aromatic rings. The van der Waals surface area contributed by atoms with Crippen LogP contribution in [-0.2, 0) is 4.74 Å². The fourth-order valence-corrected chi connectivity index (χ4v) is 2.56. The highest BCUT2D eigenvalue weighted by Gasteiger charge is 2.21. The average Bonchev–Trinajstić information content (AvgIpc) is 2.45. The summed E-state index contributed by atoms with van der Waals surface area (Å²) in [5.41, 5.74) is 0. The number of alkyl halides is 1. The highest BCUT2D eigenvalue weighted by Crippen LogP contribution is 2.22. The summed E-state index contributed by atoms with van der Waals surface area (Å²) in [6.07, 6.45) is 2.46. The van der Waals surface area contributed by atoms with Crippen molar-refractivity contribution < 1.29 is 9.47 Å². The molecule has 1 aromatic heterocycles. The molecule has 1 aliphatic heterocycles. The van der Waals surface area contributed by atoms with Gasteiger partial charge in [-0.05, 0) is 26.7 Å². The fourth-order valence-electron chi connectivity index (χ4n) is 2.37. The van der Waals surface area contributed by atoms with Crippen LogP contribution in [0.5, 0.6) is 5.88 Å². The van der Waals surface area contributed by atoms with Crippen molar-refractivity contribution in [3.8, 4) is 5.88 Å². The summed E-state index contributed by atoms with van der Waals surface area (Å²) < 4.78 is 11.3. The molecule has 0 N–H and O–H groups in total. The Morgan fingerprint density at radius 1 is 1.35 bits per heavy atom. The molecule has 1 saturated heterocycles. The van der Waals surface area contributed by atoms with Gasteiger partial charge in [-0.3, -0.25) is 0 Å². The van der Waals surface area contributed by atoms with Gasteiger partial charge < -0.3 is 14.4 Å². The molecule has 0 amide bonds. The van der Waals surface area contributed by atoms with Crippen LogP contribution in [0.2, 0.25) is 0 Å². The Bertz CT molecular complexity index is 423. The topological polar surface area (TPSA) is 47.5 Å². The second-order valence-electron chi connectivity index (χ2n) is 4.79. The maximum absolute atomic E-state index is 5.77. The highest BCUT2D eigenvalue weighted by atomic mass is 79.9. The highest BCUT2D eigenvalue weighted by molar-refractivity contribution is 9.09. The van der Waals surface area contributed by atoms with Crippen molar-refractivity contribution in [2.75, 3.05) is 36.5 Å². The summed E-state index contributed by atoms with van der Waals surface area (Å²) in [5, 5.41) is 0.899. The summed E-state index contributed by atoms with van der Waals surface area (Å²) in [4.78, 5) is 11.1. The van der Waals surface area contributed by atoms with E-state index < -0.39 is 0 Å². The smallest absolute Gasteiger partial charge is 0.218 e. The molecule has 0 unspecified atom stereocenters. The summed E-state index contributed by atoms with van der Waals surface area (Å²) in [7, 11) is 0. The predicted molar refractivity (Wildman–Crippen MR) is 82.9 cm³/mol. The molecule has 1 aliphatic rings. The molecule has 20 heavy (non-hydrogen) atoms. The first kappa shape index (κ1) is 15.5. The number of halogens is 1. The normalized spacial score (nSPS) is 16.4. The molecular formula is C14H22BrN3O2. The van der Waals surface area contributed by atoms with E-state index in [2.05, 4.69) is 30.8 Å². The van der Waals surface area contributed by atoms with Crippen molar-refractivity contribution in [3.05, 3.63) is 11.9 Å². The zero-order chi connectivity index (χ0) is 14.4. The van der Waals surface area contributed by atoms with Crippen molar-refractivity contribution in [1.29, 1.82) is 0 Å². The zero-order valence-corrected chi connectivity index (χ0v) is 13.7. The molecule has 0 radical (unpaired) electrons. The summed E-state index contributed by atoms with van der Waals surface area (Å²) in [5.74, 6) is 2.37. The van der Waals surface area contributed by atoms with Gasteiger partial charge >= 0.3 is 0 Å². The Kier molecular flexibility index (Phi) is 6.04. The van der Waals surface area contributed by atoms with Crippen LogP contribution in [0.3, 0.4) is 0 Å². The van der Waals surface area contributed by atoms with Crippen molar-refractivity contribution in [2.45, 2.75) is 32.8 Å². The Hall–Kier alpha value is -0.880. The van der Waals surface area contributed by atoms with Gasteiger partial charge in [0.25, 0.3) is 0 Å². The van der Waals surface area contributed by atoms with Crippen molar-refractivity contribution in [3.63, 3.8) is 0 Å². The van der Waals surface area contributed by atoms with Crippen LogP contribution < -0.4 is 9.64 Å². The van der Waals surface area contributed by atoms with E-state index in [9.17, 15) is 0 Å². The molecule has 1 fully saturated rings. The van der Waals surface area contributed by atoms with Crippen molar-refractivity contribution in [1.82, 2.24) is 9.97 Å². The van der Waals surface area contributed by atoms with Crippen LogP contribution in [0, 0.1) is 6.92 Å². The molecule has 5 nitrogen and oxygen atoms in total. The Labute approximate surface area is 128 Å². The van der Waals surface area contributed by atoms with Gasteiger partial charge in [-0.1, -0.05) is 15.9 Å². The molecule has 0 aliphatic carbocycles. The van der Waals surface area contributed by atoms with Gasteiger partial charge in [-0.15, -0.1) is 0 Å². The number of aromatic nitrogens is 2. The van der Waals surface area contributed by atoms with Crippen molar-refractivity contribution >= 4 is 21.7 Å².